The van der Waals surface area contributed by atoms with Gasteiger partial charge in [0.2, 0.25) is 0 Å². The third-order valence-electron chi connectivity index (χ3n) is 4.90. The van der Waals surface area contributed by atoms with Crippen molar-refractivity contribution in [2.24, 2.45) is 0 Å². The van der Waals surface area contributed by atoms with E-state index in [-0.39, 0.29) is 17.6 Å². The molecule has 1 saturated carbocycles. The fraction of sp³-hybridized carbons (Fsp3) is 0.286. The van der Waals surface area contributed by atoms with Gasteiger partial charge in [0, 0.05) is 11.7 Å². The number of nitrogens with two attached hydrogens (primary N) is 1. The van der Waals surface area contributed by atoms with Crippen molar-refractivity contribution in [1.82, 2.24) is 14.5 Å². The number of fused-ring (bicyclic) bond motifs is 1. The van der Waals surface area contributed by atoms with E-state index in [0.29, 0.717) is 27.6 Å². The van der Waals surface area contributed by atoms with Gasteiger partial charge in [0.15, 0.2) is 0 Å². The lowest BCUT2D eigenvalue weighted by atomic mass is 10.1. The summed E-state index contributed by atoms with van der Waals surface area (Å²) in [5.41, 5.74) is 7.35. The Bertz CT molecular complexity index is 1190. The van der Waals surface area contributed by atoms with E-state index >= 15 is 0 Å². The molecular weight excluding hydrogens is 374 g/mol. The molecule has 1 aromatic carbocycles. The third kappa shape index (κ3) is 3.19. The number of nitrogens with zero attached hydrogens (tertiary/aromatic N) is 3. The summed E-state index contributed by atoms with van der Waals surface area (Å²) >= 11 is 6.32. The first-order valence-electron chi connectivity index (χ1n) is 9.14. The van der Waals surface area contributed by atoms with Gasteiger partial charge in [0.25, 0.3) is 5.56 Å². The first kappa shape index (κ1) is 18.3. The standard InChI is InChI=1S/C21H20ClN5O/c1-3-5-15-19(23)24-11-25-20(15)26-12(2)17-10-13-6-4-7-16(22)18(13)21(28)27(17)14-8-9-14/h4,6-7,10-12,14H,8-9H2,1-2H3,(H3,23,24,25,26)/t12-/m0/s1. The van der Waals surface area contributed by atoms with Gasteiger partial charge in [0.05, 0.1) is 16.5 Å². The summed E-state index contributed by atoms with van der Waals surface area (Å²) in [6, 6.07) is 7.55. The first-order valence-corrected chi connectivity index (χ1v) is 9.52. The van der Waals surface area contributed by atoms with Crippen LogP contribution < -0.4 is 16.6 Å². The van der Waals surface area contributed by atoms with Gasteiger partial charge in [-0.1, -0.05) is 29.7 Å². The summed E-state index contributed by atoms with van der Waals surface area (Å²) < 4.78 is 1.86. The summed E-state index contributed by atoms with van der Waals surface area (Å²) in [7, 11) is 0. The molecule has 6 nitrogen and oxygen atoms in total. The molecule has 2 aromatic heterocycles. The number of hydrogen-bond donors (Lipinski definition) is 2. The van der Waals surface area contributed by atoms with Gasteiger partial charge in [-0.25, -0.2) is 9.97 Å². The Balaban J connectivity index is 1.83. The van der Waals surface area contributed by atoms with Crippen molar-refractivity contribution in [3.05, 3.63) is 57.2 Å². The van der Waals surface area contributed by atoms with E-state index in [9.17, 15) is 4.79 Å². The SMILES string of the molecule is CC#Cc1c(N)ncnc1N[C@@H](C)c1cc2cccc(Cl)c2c(=O)n1C1CC1. The zero-order chi connectivity index (χ0) is 19.8. The van der Waals surface area contributed by atoms with Gasteiger partial charge >= 0.3 is 0 Å². The Kier molecular flexibility index (Phi) is 4.70. The topological polar surface area (TPSA) is 85.8 Å². The van der Waals surface area contributed by atoms with E-state index in [1.54, 1.807) is 13.0 Å². The van der Waals surface area contributed by atoms with Crippen LogP contribution in [0.3, 0.4) is 0 Å². The molecule has 1 fully saturated rings. The first-order chi connectivity index (χ1) is 13.5. The molecule has 1 atom stereocenters. The van der Waals surface area contributed by atoms with Crippen LogP contribution >= 0.6 is 11.6 Å². The highest BCUT2D eigenvalue weighted by Crippen LogP contribution is 2.37. The molecule has 3 N–H and O–H groups in total. The summed E-state index contributed by atoms with van der Waals surface area (Å²) in [4.78, 5) is 21.5. The van der Waals surface area contributed by atoms with Crippen LogP contribution in [0, 0.1) is 11.8 Å². The van der Waals surface area contributed by atoms with Gasteiger partial charge in [0.1, 0.15) is 23.5 Å². The van der Waals surface area contributed by atoms with Crippen LogP contribution in [-0.4, -0.2) is 14.5 Å². The van der Waals surface area contributed by atoms with Crippen molar-refractivity contribution < 1.29 is 0 Å². The molecule has 0 saturated heterocycles. The lowest BCUT2D eigenvalue weighted by Crippen LogP contribution is -2.26. The lowest BCUT2D eigenvalue weighted by molar-refractivity contribution is 0.636. The summed E-state index contributed by atoms with van der Waals surface area (Å²) in [6.07, 6.45) is 3.38. The smallest absolute Gasteiger partial charge is 0.260 e. The molecular formula is C21H20ClN5O. The van der Waals surface area contributed by atoms with Crippen LogP contribution in [0.15, 0.2) is 35.4 Å². The zero-order valence-electron chi connectivity index (χ0n) is 15.7. The molecule has 4 rings (SSSR count). The lowest BCUT2D eigenvalue weighted by Gasteiger charge is -2.22. The average Bonchev–Trinajstić information content (AvgIpc) is 3.49. The quantitative estimate of drug-likeness (QED) is 0.656. The highest BCUT2D eigenvalue weighted by atomic mass is 35.5. The maximum atomic E-state index is 13.2. The summed E-state index contributed by atoms with van der Waals surface area (Å²) in [5.74, 6) is 6.66. The molecule has 28 heavy (non-hydrogen) atoms. The van der Waals surface area contributed by atoms with Crippen LogP contribution in [0.4, 0.5) is 11.6 Å². The Labute approximate surface area is 167 Å². The van der Waals surface area contributed by atoms with Gasteiger partial charge < -0.3 is 15.6 Å². The van der Waals surface area contributed by atoms with Crippen molar-refractivity contribution in [3.8, 4) is 11.8 Å². The molecule has 1 aliphatic rings. The highest BCUT2D eigenvalue weighted by molar-refractivity contribution is 6.35. The second kappa shape index (κ2) is 7.17. The minimum Gasteiger partial charge on any atom is -0.382 e. The monoisotopic (exact) mass is 393 g/mol. The summed E-state index contributed by atoms with van der Waals surface area (Å²) in [5, 5.41) is 5.23. The van der Waals surface area contributed by atoms with Crippen molar-refractivity contribution in [2.75, 3.05) is 11.1 Å². The fourth-order valence-corrected chi connectivity index (χ4v) is 3.69. The van der Waals surface area contributed by atoms with E-state index in [1.807, 2.05) is 29.7 Å². The molecule has 0 aliphatic heterocycles. The second-order valence-electron chi connectivity index (χ2n) is 6.90. The molecule has 142 valence electrons. The van der Waals surface area contributed by atoms with Gasteiger partial charge in [-0.2, -0.15) is 0 Å². The normalized spacial score (nSPS) is 14.4. The molecule has 3 aromatic rings. The number of anilines is 2. The van der Waals surface area contributed by atoms with Gasteiger partial charge in [-0.05, 0) is 44.2 Å². The van der Waals surface area contributed by atoms with Crippen LogP contribution in [0.1, 0.15) is 50.0 Å². The van der Waals surface area contributed by atoms with Crippen LogP contribution in [0.5, 0.6) is 0 Å². The third-order valence-corrected chi connectivity index (χ3v) is 5.21. The number of rotatable bonds is 4. The molecule has 0 radical (unpaired) electrons. The number of pyridine rings is 1. The van der Waals surface area contributed by atoms with E-state index in [1.165, 1.54) is 6.33 Å². The Hall–Kier alpha value is -3.04. The number of nitrogens with one attached hydrogen (secondary N) is 1. The molecule has 2 heterocycles. The Morgan fingerprint density at radius 1 is 1.36 bits per heavy atom. The second-order valence-corrected chi connectivity index (χ2v) is 7.31. The number of halogens is 1. The number of nitrogen functional groups attached to an aromatic ring is 1. The van der Waals surface area contributed by atoms with E-state index in [4.69, 9.17) is 17.3 Å². The molecule has 7 heteroatoms. The zero-order valence-corrected chi connectivity index (χ0v) is 16.4. The maximum Gasteiger partial charge on any atom is 0.260 e. The van der Waals surface area contributed by atoms with Gasteiger partial charge in [-0.15, -0.1) is 5.92 Å². The average molecular weight is 394 g/mol. The summed E-state index contributed by atoms with van der Waals surface area (Å²) in [6.45, 7) is 3.73. The van der Waals surface area contributed by atoms with Gasteiger partial charge in [-0.3, -0.25) is 4.79 Å². The highest BCUT2D eigenvalue weighted by Gasteiger charge is 2.29. The predicted molar refractivity (Wildman–Crippen MR) is 113 cm³/mol. The fourth-order valence-electron chi connectivity index (χ4n) is 3.43. The van der Waals surface area contributed by atoms with E-state index in [2.05, 4.69) is 27.1 Å². The molecule has 0 amide bonds. The Morgan fingerprint density at radius 3 is 2.86 bits per heavy atom. The van der Waals surface area contributed by atoms with Crippen molar-refractivity contribution in [2.45, 2.75) is 38.8 Å². The maximum absolute atomic E-state index is 13.2. The molecule has 1 aliphatic carbocycles. The Morgan fingerprint density at radius 2 is 2.14 bits per heavy atom. The molecule has 0 spiro atoms. The van der Waals surface area contributed by atoms with E-state index < -0.39 is 0 Å². The molecule has 0 unspecified atom stereocenters. The van der Waals surface area contributed by atoms with Crippen LogP contribution in [0.2, 0.25) is 5.02 Å². The minimum atomic E-state index is -0.191. The minimum absolute atomic E-state index is 0.0509. The van der Waals surface area contributed by atoms with E-state index in [0.717, 1.165) is 23.9 Å². The van der Waals surface area contributed by atoms with Crippen LogP contribution in [0.25, 0.3) is 10.8 Å². The number of hydrogen-bond acceptors (Lipinski definition) is 5. The largest absolute Gasteiger partial charge is 0.382 e. The number of aromatic nitrogens is 3. The van der Waals surface area contributed by atoms with Crippen molar-refractivity contribution >= 4 is 34.0 Å². The molecule has 0 bridgehead atoms. The number of benzene rings is 1. The van der Waals surface area contributed by atoms with Crippen LogP contribution in [-0.2, 0) is 0 Å². The van der Waals surface area contributed by atoms with Crippen molar-refractivity contribution in [1.29, 1.82) is 0 Å². The van der Waals surface area contributed by atoms with Crippen molar-refractivity contribution in [3.63, 3.8) is 0 Å². The predicted octanol–water partition coefficient (Wildman–Crippen LogP) is 3.91.